The zero-order valence-corrected chi connectivity index (χ0v) is 12.3. The number of ether oxygens (including phenoxy) is 1. The van der Waals surface area contributed by atoms with Crippen LogP contribution in [0.3, 0.4) is 0 Å². The minimum Gasteiger partial charge on any atom is -0.484 e. The van der Waals surface area contributed by atoms with Crippen molar-refractivity contribution in [1.82, 2.24) is 0 Å². The second-order valence-corrected chi connectivity index (χ2v) is 4.54. The number of amides is 2. The summed E-state index contributed by atoms with van der Waals surface area (Å²) in [4.78, 5) is 22.3. The van der Waals surface area contributed by atoms with Crippen molar-refractivity contribution < 1.29 is 14.3 Å². The number of hydrogen-bond donors (Lipinski definition) is 3. The van der Waals surface area contributed by atoms with E-state index in [-0.39, 0.29) is 30.8 Å². The molecule has 5 N–H and O–H groups in total. The standard InChI is InChI=1S/C13H19N3O3.ClH/c1-8(2)12(15)13(18)16-9-3-5-10(6-4-9)19-7-11(14)17;/h3-6,8,12H,7,15H2,1-2H3,(H2,14,17)(H,16,18);1H. The van der Waals surface area contributed by atoms with Gasteiger partial charge in [-0.25, -0.2) is 0 Å². The number of rotatable bonds is 6. The average Bonchev–Trinajstić information content (AvgIpc) is 2.36. The summed E-state index contributed by atoms with van der Waals surface area (Å²) in [7, 11) is 0. The summed E-state index contributed by atoms with van der Waals surface area (Å²) in [6, 6.07) is 6.06. The number of nitrogens with one attached hydrogen (secondary N) is 1. The molecule has 1 rings (SSSR count). The zero-order valence-electron chi connectivity index (χ0n) is 11.5. The number of carbonyl (C=O) groups is 2. The third kappa shape index (κ3) is 5.90. The van der Waals surface area contributed by atoms with E-state index in [1.807, 2.05) is 13.8 Å². The predicted molar refractivity (Wildman–Crippen MR) is 79.8 cm³/mol. The first-order valence-electron chi connectivity index (χ1n) is 5.97. The number of primary amides is 1. The summed E-state index contributed by atoms with van der Waals surface area (Å²) >= 11 is 0. The smallest absolute Gasteiger partial charge is 0.255 e. The third-order valence-electron chi connectivity index (χ3n) is 2.52. The molecule has 1 unspecified atom stereocenters. The molecule has 0 saturated carbocycles. The summed E-state index contributed by atoms with van der Waals surface area (Å²) in [6.07, 6.45) is 0. The van der Waals surface area contributed by atoms with Crippen LogP contribution in [0.4, 0.5) is 5.69 Å². The Bertz CT molecular complexity index is 449. The highest BCUT2D eigenvalue weighted by atomic mass is 35.5. The number of benzene rings is 1. The molecule has 0 aliphatic carbocycles. The SMILES string of the molecule is CC(C)C(N)C(=O)Nc1ccc(OCC(N)=O)cc1.Cl. The molecule has 0 aliphatic heterocycles. The highest BCUT2D eigenvalue weighted by Gasteiger charge is 2.16. The minimum absolute atomic E-state index is 0. The van der Waals surface area contributed by atoms with Gasteiger partial charge in [-0.1, -0.05) is 13.8 Å². The Morgan fingerprint density at radius 1 is 1.25 bits per heavy atom. The van der Waals surface area contributed by atoms with E-state index < -0.39 is 11.9 Å². The molecule has 0 spiro atoms. The lowest BCUT2D eigenvalue weighted by Crippen LogP contribution is -2.39. The molecule has 1 aromatic carbocycles. The van der Waals surface area contributed by atoms with Crippen LogP contribution in [-0.2, 0) is 9.59 Å². The van der Waals surface area contributed by atoms with Gasteiger partial charge in [0.1, 0.15) is 5.75 Å². The molecule has 7 heteroatoms. The third-order valence-corrected chi connectivity index (χ3v) is 2.52. The highest BCUT2D eigenvalue weighted by Crippen LogP contribution is 2.16. The van der Waals surface area contributed by atoms with E-state index in [0.29, 0.717) is 11.4 Å². The van der Waals surface area contributed by atoms with Crippen LogP contribution in [0, 0.1) is 5.92 Å². The van der Waals surface area contributed by atoms with E-state index in [0.717, 1.165) is 0 Å². The van der Waals surface area contributed by atoms with Gasteiger partial charge in [-0.2, -0.15) is 0 Å². The lowest BCUT2D eigenvalue weighted by atomic mass is 10.1. The van der Waals surface area contributed by atoms with Crippen LogP contribution in [0.5, 0.6) is 5.75 Å². The van der Waals surface area contributed by atoms with Crippen molar-refractivity contribution >= 4 is 29.9 Å². The van der Waals surface area contributed by atoms with E-state index in [9.17, 15) is 9.59 Å². The second-order valence-electron chi connectivity index (χ2n) is 4.54. The van der Waals surface area contributed by atoms with Gasteiger partial charge in [0.05, 0.1) is 6.04 Å². The maximum absolute atomic E-state index is 11.7. The average molecular weight is 302 g/mol. The molecule has 1 atom stereocenters. The Hall–Kier alpha value is -1.79. The molecule has 0 bridgehead atoms. The minimum atomic E-state index is -0.550. The van der Waals surface area contributed by atoms with Crippen LogP contribution < -0.4 is 21.5 Å². The van der Waals surface area contributed by atoms with Crippen molar-refractivity contribution in [3.63, 3.8) is 0 Å². The van der Waals surface area contributed by atoms with Gasteiger partial charge in [-0.05, 0) is 30.2 Å². The normalized spacial score (nSPS) is 11.4. The summed E-state index contributed by atoms with van der Waals surface area (Å²) in [5, 5.41) is 2.70. The number of carbonyl (C=O) groups excluding carboxylic acids is 2. The van der Waals surface area contributed by atoms with E-state index in [1.165, 1.54) is 0 Å². The molecule has 6 nitrogen and oxygen atoms in total. The molecular weight excluding hydrogens is 282 g/mol. The van der Waals surface area contributed by atoms with Crippen molar-refractivity contribution in [2.24, 2.45) is 17.4 Å². The Kier molecular flexibility index (Phi) is 7.64. The first-order valence-corrected chi connectivity index (χ1v) is 5.97. The van der Waals surface area contributed by atoms with Gasteiger partial charge in [0, 0.05) is 5.69 Å². The number of nitrogens with two attached hydrogens (primary N) is 2. The van der Waals surface area contributed by atoms with Gasteiger partial charge >= 0.3 is 0 Å². The lowest BCUT2D eigenvalue weighted by Gasteiger charge is -2.15. The quantitative estimate of drug-likeness (QED) is 0.725. The fourth-order valence-electron chi connectivity index (χ4n) is 1.32. The molecule has 1 aromatic rings. The van der Waals surface area contributed by atoms with Gasteiger partial charge in [-0.15, -0.1) is 12.4 Å². The molecule has 20 heavy (non-hydrogen) atoms. The van der Waals surface area contributed by atoms with Crippen LogP contribution in [0.25, 0.3) is 0 Å². The number of anilines is 1. The van der Waals surface area contributed by atoms with Crippen molar-refractivity contribution in [1.29, 1.82) is 0 Å². The fraction of sp³-hybridized carbons (Fsp3) is 0.385. The largest absolute Gasteiger partial charge is 0.484 e. The first-order chi connectivity index (χ1) is 8.90. The van der Waals surface area contributed by atoms with Crippen LogP contribution in [-0.4, -0.2) is 24.5 Å². The Labute approximate surface area is 124 Å². The fourth-order valence-corrected chi connectivity index (χ4v) is 1.32. The van der Waals surface area contributed by atoms with Crippen molar-refractivity contribution in [2.45, 2.75) is 19.9 Å². The van der Waals surface area contributed by atoms with Gasteiger partial charge in [0.25, 0.3) is 5.91 Å². The van der Waals surface area contributed by atoms with Crippen molar-refractivity contribution in [3.05, 3.63) is 24.3 Å². The zero-order chi connectivity index (χ0) is 14.4. The van der Waals surface area contributed by atoms with Crippen LogP contribution in [0.15, 0.2) is 24.3 Å². The number of hydrogen-bond acceptors (Lipinski definition) is 4. The molecule has 0 aliphatic rings. The molecule has 0 radical (unpaired) electrons. The topological polar surface area (TPSA) is 107 Å². The van der Waals surface area contributed by atoms with E-state index in [4.69, 9.17) is 16.2 Å². The highest BCUT2D eigenvalue weighted by molar-refractivity contribution is 5.94. The maximum atomic E-state index is 11.7. The summed E-state index contributed by atoms with van der Waals surface area (Å²) in [5.41, 5.74) is 11.3. The monoisotopic (exact) mass is 301 g/mol. The summed E-state index contributed by atoms with van der Waals surface area (Å²) < 4.78 is 5.10. The van der Waals surface area contributed by atoms with Crippen molar-refractivity contribution in [2.75, 3.05) is 11.9 Å². The van der Waals surface area contributed by atoms with E-state index in [1.54, 1.807) is 24.3 Å². The van der Waals surface area contributed by atoms with Crippen LogP contribution in [0.1, 0.15) is 13.8 Å². The van der Waals surface area contributed by atoms with E-state index in [2.05, 4.69) is 5.32 Å². The van der Waals surface area contributed by atoms with Crippen LogP contribution >= 0.6 is 12.4 Å². The molecule has 0 saturated heterocycles. The van der Waals surface area contributed by atoms with Gasteiger partial charge in [-0.3, -0.25) is 9.59 Å². The predicted octanol–water partition coefficient (Wildman–Crippen LogP) is 0.894. The molecule has 2 amide bonds. The van der Waals surface area contributed by atoms with Gasteiger partial charge < -0.3 is 21.5 Å². The lowest BCUT2D eigenvalue weighted by molar-refractivity contribution is -0.120. The molecular formula is C13H20ClN3O3. The molecule has 0 aromatic heterocycles. The van der Waals surface area contributed by atoms with Crippen LogP contribution in [0.2, 0.25) is 0 Å². The Balaban J connectivity index is 0.00000361. The number of halogens is 1. The first kappa shape index (κ1) is 18.2. The Morgan fingerprint density at radius 2 is 1.80 bits per heavy atom. The summed E-state index contributed by atoms with van der Waals surface area (Å²) in [5.74, 6) is -0.204. The molecule has 0 heterocycles. The van der Waals surface area contributed by atoms with E-state index >= 15 is 0 Å². The molecule has 0 fully saturated rings. The summed E-state index contributed by atoms with van der Waals surface area (Å²) in [6.45, 7) is 3.58. The van der Waals surface area contributed by atoms with Gasteiger partial charge in [0.15, 0.2) is 6.61 Å². The van der Waals surface area contributed by atoms with Gasteiger partial charge in [0.2, 0.25) is 5.91 Å². The molecule has 112 valence electrons. The maximum Gasteiger partial charge on any atom is 0.255 e. The van der Waals surface area contributed by atoms with Crippen molar-refractivity contribution in [3.8, 4) is 5.75 Å². The Morgan fingerprint density at radius 3 is 2.25 bits per heavy atom. The second kappa shape index (κ2) is 8.39.